The van der Waals surface area contributed by atoms with Crippen molar-refractivity contribution >= 4 is 17.1 Å². The summed E-state index contributed by atoms with van der Waals surface area (Å²) in [4.78, 5) is 4.39. The van der Waals surface area contributed by atoms with Crippen LogP contribution in [0.3, 0.4) is 0 Å². The molecule has 1 aliphatic rings. The van der Waals surface area contributed by atoms with Gasteiger partial charge in [-0.2, -0.15) is 0 Å². The minimum Gasteiger partial charge on any atom is -0.508 e. The molecule has 1 fully saturated rings. The van der Waals surface area contributed by atoms with Crippen LogP contribution in [0.4, 0.5) is 0 Å². The zero-order chi connectivity index (χ0) is 11.1. The highest BCUT2D eigenvalue weighted by molar-refractivity contribution is 6.32. The number of rotatable bonds is 1. The van der Waals surface area contributed by atoms with Crippen LogP contribution in [0.1, 0.15) is 18.2 Å². The molecule has 0 bridgehead atoms. The summed E-state index contributed by atoms with van der Waals surface area (Å²) in [6.45, 7) is 1.96. The number of aromatic hydroxyl groups is 1. The van der Waals surface area contributed by atoms with Crippen LogP contribution in [0.15, 0.2) is 18.3 Å². The summed E-state index contributed by atoms with van der Waals surface area (Å²) in [6.07, 6.45) is 2.90. The molecule has 5 heteroatoms. The van der Waals surface area contributed by atoms with Gasteiger partial charge in [0.05, 0.1) is 5.52 Å². The maximum atomic E-state index is 9.42. The number of hydrogen-bond donors (Lipinski definition) is 2. The van der Waals surface area contributed by atoms with Crippen molar-refractivity contribution in [2.75, 3.05) is 13.1 Å². The number of fused-ring (bicyclic) bond motifs is 1. The van der Waals surface area contributed by atoms with Gasteiger partial charge in [-0.25, -0.2) is 4.98 Å². The van der Waals surface area contributed by atoms with Crippen LogP contribution in [0.25, 0.3) is 5.52 Å². The number of pyridine rings is 1. The monoisotopic (exact) mass is 237 g/mol. The van der Waals surface area contributed by atoms with E-state index in [-0.39, 0.29) is 5.75 Å². The van der Waals surface area contributed by atoms with Crippen molar-refractivity contribution in [2.24, 2.45) is 0 Å². The van der Waals surface area contributed by atoms with Crippen molar-refractivity contribution in [1.82, 2.24) is 14.7 Å². The first kappa shape index (κ1) is 9.93. The molecule has 4 nitrogen and oxygen atoms in total. The summed E-state index contributed by atoms with van der Waals surface area (Å²) < 4.78 is 1.96. The second-order valence-corrected chi connectivity index (χ2v) is 4.45. The summed E-state index contributed by atoms with van der Waals surface area (Å²) >= 11 is 6.06. The molecule has 0 aliphatic carbocycles. The van der Waals surface area contributed by atoms with Crippen LogP contribution in [-0.4, -0.2) is 27.6 Å². The Morgan fingerprint density at radius 1 is 1.56 bits per heavy atom. The van der Waals surface area contributed by atoms with E-state index in [1.807, 2.05) is 10.6 Å². The molecule has 0 saturated carbocycles. The predicted molar refractivity (Wildman–Crippen MR) is 62.1 cm³/mol. The van der Waals surface area contributed by atoms with E-state index in [2.05, 4.69) is 10.3 Å². The Morgan fingerprint density at radius 2 is 2.44 bits per heavy atom. The largest absolute Gasteiger partial charge is 0.508 e. The fourth-order valence-electron chi connectivity index (χ4n) is 2.22. The van der Waals surface area contributed by atoms with E-state index in [9.17, 15) is 5.11 Å². The third-order valence-corrected chi connectivity index (χ3v) is 3.31. The lowest BCUT2D eigenvalue weighted by Crippen LogP contribution is -2.10. The summed E-state index contributed by atoms with van der Waals surface area (Å²) in [5.74, 6) is 1.60. The summed E-state index contributed by atoms with van der Waals surface area (Å²) in [5.41, 5.74) is 0.767. The molecule has 1 saturated heterocycles. The first-order chi connectivity index (χ1) is 7.75. The maximum absolute atomic E-state index is 9.42. The summed E-state index contributed by atoms with van der Waals surface area (Å²) in [6, 6.07) is 3.29. The number of imidazole rings is 1. The van der Waals surface area contributed by atoms with Gasteiger partial charge in [0.15, 0.2) is 5.15 Å². The van der Waals surface area contributed by atoms with Crippen LogP contribution < -0.4 is 5.32 Å². The van der Waals surface area contributed by atoms with E-state index >= 15 is 0 Å². The quantitative estimate of drug-likeness (QED) is 0.795. The molecule has 2 aromatic heterocycles. The van der Waals surface area contributed by atoms with E-state index in [0.717, 1.165) is 30.9 Å². The molecule has 1 aliphatic heterocycles. The van der Waals surface area contributed by atoms with E-state index in [1.165, 1.54) is 0 Å². The lowest BCUT2D eigenvalue weighted by Gasteiger charge is -2.06. The van der Waals surface area contributed by atoms with Gasteiger partial charge in [-0.3, -0.25) is 0 Å². The first-order valence-electron chi connectivity index (χ1n) is 5.33. The molecule has 3 rings (SSSR count). The van der Waals surface area contributed by atoms with Gasteiger partial charge in [0.2, 0.25) is 0 Å². The second-order valence-electron chi connectivity index (χ2n) is 4.09. The van der Waals surface area contributed by atoms with E-state index in [0.29, 0.717) is 11.1 Å². The number of nitrogens with one attached hydrogen (secondary N) is 1. The molecule has 16 heavy (non-hydrogen) atoms. The van der Waals surface area contributed by atoms with Crippen molar-refractivity contribution in [1.29, 1.82) is 0 Å². The number of hydrogen-bond acceptors (Lipinski definition) is 3. The molecule has 1 atom stereocenters. The normalized spacial score (nSPS) is 20.7. The predicted octanol–water partition coefficient (Wildman–Crippen LogP) is 1.77. The third kappa shape index (κ3) is 1.45. The molecular formula is C11H12ClN3O. The molecular weight excluding hydrogens is 226 g/mol. The van der Waals surface area contributed by atoms with Gasteiger partial charge in [-0.1, -0.05) is 11.6 Å². The standard InChI is InChI=1S/C11H12ClN3O/c12-10-9-5-8(16)2-4-15(9)11(14-10)7-1-3-13-6-7/h2,4-5,7,13,16H,1,3,6H2. The fourth-order valence-corrected chi connectivity index (χ4v) is 2.45. The van der Waals surface area contributed by atoms with E-state index < -0.39 is 0 Å². The molecule has 0 amide bonds. The smallest absolute Gasteiger partial charge is 0.155 e. The highest BCUT2D eigenvalue weighted by atomic mass is 35.5. The average molecular weight is 238 g/mol. The lowest BCUT2D eigenvalue weighted by atomic mass is 10.1. The minimum atomic E-state index is 0.213. The van der Waals surface area contributed by atoms with Crippen LogP contribution in [-0.2, 0) is 0 Å². The Kier molecular flexibility index (Phi) is 2.26. The molecule has 1 unspecified atom stereocenters. The molecule has 0 radical (unpaired) electrons. The SMILES string of the molecule is Oc1ccn2c(C3CCNC3)nc(Cl)c2c1. The molecule has 0 aromatic carbocycles. The van der Waals surface area contributed by atoms with Crippen molar-refractivity contribution < 1.29 is 5.11 Å². The van der Waals surface area contributed by atoms with Gasteiger partial charge in [-0.05, 0) is 19.0 Å². The number of halogens is 1. The van der Waals surface area contributed by atoms with Gasteiger partial charge in [0.1, 0.15) is 11.6 Å². The minimum absolute atomic E-state index is 0.213. The Hall–Kier alpha value is -1.26. The topological polar surface area (TPSA) is 49.6 Å². The van der Waals surface area contributed by atoms with Crippen LogP contribution >= 0.6 is 11.6 Å². The molecule has 2 aromatic rings. The van der Waals surface area contributed by atoms with E-state index in [4.69, 9.17) is 11.6 Å². The third-order valence-electron chi connectivity index (χ3n) is 3.03. The average Bonchev–Trinajstić information content (AvgIpc) is 2.87. The fraction of sp³-hybridized carbons (Fsp3) is 0.364. The van der Waals surface area contributed by atoms with Crippen molar-refractivity contribution in [2.45, 2.75) is 12.3 Å². The van der Waals surface area contributed by atoms with Gasteiger partial charge in [-0.15, -0.1) is 0 Å². The van der Waals surface area contributed by atoms with Gasteiger partial charge >= 0.3 is 0 Å². The molecule has 84 valence electrons. The van der Waals surface area contributed by atoms with Crippen LogP contribution in [0.5, 0.6) is 5.75 Å². The number of aromatic nitrogens is 2. The van der Waals surface area contributed by atoms with E-state index in [1.54, 1.807) is 12.1 Å². The Bertz CT molecular complexity index is 531. The van der Waals surface area contributed by atoms with Gasteiger partial charge in [0, 0.05) is 24.7 Å². The van der Waals surface area contributed by atoms with Gasteiger partial charge in [0.25, 0.3) is 0 Å². The highest BCUT2D eigenvalue weighted by Crippen LogP contribution is 2.28. The van der Waals surface area contributed by atoms with Crippen molar-refractivity contribution in [3.63, 3.8) is 0 Å². The number of nitrogens with zero attached hydrogens (tertiary/aromatic N) is 2. The van der Waals surface area contributed by atoms with Crippen LogP contribution in [0.2, 0.25) is 5.15 Å². The maximum Gasteiger partial charge on any atom is 0.155 e. The first-order valence-corrected chi connectivity index (χ1v) is 5.70. The summed E-state index contributed by atoms with van der Waals surface area (Å²) in [5, 5.41) is 13.2. The van der Waals surface area contributed by atoms with Gasteiger partial charge < -0.3 is 14.8 Å². The molecule has 3 heterocycles. The molecule has 2 N–H and O–H groups in total. The Morgan fingerprint density at radius 3 is 3.19 bits per heavy atom. The van der Waals surface area contributed by atoms with Crippen molar-refractivity contribution in [3.05, 3.63) is 29.3 Å². The highest BCUT2D eigenvalue weighted by Gasteiger charge is 2.22. The van der Waals surface area contributed by atoms with Crippen molar-refractivity contribution in [3.8, 4) is 5.75 Å². The zero-order valence-electron chi connectivity index (χ0n) is 8.65. The Balaban J connectivity index is 2.18. The Labute approximate surface area is 97.9 Å². The lowest BCUT2D eigenvalue weighted by molar-refractivity contribution is 0.475. The second kappa shape index (κ2) is 3.64. The zero-order valence-corrected chi connectivity index (χ0v) is 9.41. The van der Waals surface area contributed by atoms with Crippen LogP contribution in [0, 0.1) is 0 Å². The molecule has 0 spiro atoms. The summed E-state index contributed by atoms with van der Waals surface area (Å²) in [7, 11) is 0.